The molecule has 0 aliphatic carbocycles. The molecule has 1 aromatic rings. The van der Waals surface area contributed by atoms with Gasteiger partial charge in [-0.1, -0.05) is 6.07 Å². The molecule has 18 heavy (non-hydrogen) atoms. The lowest BCUT2D eigenvalue weighted by molar-refractivity contribution is -0.149. The van der Waals surface area contributed by atoms with Crippen LogP contribution in [0.2, 0.25) is 0 Å². The van der Waals surface area contributed by atoms with Crippen LogP contribution in [0.25, 0.3) is 0 Å². The molecule has 0 bridgehead atoms. The second-order valence-corrected chi connectivity index (χ2v) is 4.04. The number of carbonyl (C=O) groups is 2. The minimum absolute atomic E-state index is 0.151. The van der Waals surface area contributed by atoms with Gasteiger partial charge in [0.2, 0.25) is 5.91 Å². The first-order valence-corrected chi connectivity index (χ1v) is 5.67. The highest BCUT2D eigenvalue weighted by atomic mass is 16.6. The molecule has 0 saturated heterocycles. The summed E-state index contributed by atoms with van der Waals surface area (Å²) >= 11 is 0. The Bertz CT molecular complexity index is 429. The number of rotatable bonds is 5. The standard InChI is InChI=1S/C13H17NO4/c1-9(2)18-13(16)8-17-12-6-4-5-11(7-12)14-10(3)15/h4-7,9H,8H2,1-3H3,(H,14,15). The van der Waals surface area contributed by atoms with Gasteiger partial charge in [0.05, 0.1) is 6.10 Å². The number of nitrogens with one attached hydrogen (secondary N) is 1. The van der Waals surface area contributed by atoms with Gasteiger partial charge in [0, 0.05) is 18.7 Å². The molecule has 0 aromatic heterocycles. The summed E-state index contributed by atoms with van der Waals surface area (Å²) in [6.45, 7) is 4.82. The molecule has 5 heteroatoms. The van der Waals surface area contributed by atoms with Gasteiger partial charge in [0.1, 0.15) is 5.75 Å². The van der Waals surface area contributed by atoms with Crippen molar-refractivity contribution in [3.8, 4) is 5.75 Å². The molecule has 98 valence electrons. The molecule has 1 N–H and O–H groups in total. The van der Waals surface area contributed by atoms with Crippen molar-refractivity contribution in [3.63, 3.8) is 0 Å². The van der Waals surface area contributed by atoms with Crippen molar-refractivity contribution < 1.29 is 19.1 Å². The van der Waals surface area contributed by atoms with E-state index in [4.69, 9.17) is 9.47 Å². The molecule has 0 fully saturated rings. The Balaban J connectivity index is 2.52. The maximum absolute atomic E-state index is 11.3. The maximum atomic E-state index is 11.3. The van der Waals surface area contributed by atoms with Gasteiger partial charge in [-0.2, -0.15) is 0 Å². The van der Waals surface area contributed by atoms with Crippen LogP contribution in [0, 0.1) is 0 Å². The Kier molecular flexibility index (Phi) is 5.17. The second-order valence-electron chi connectivity index (χ2n) is 4.04. The number of anilines is 1. The molecule has 0 radical (unpaired) electrons. The smallest absolute Gasteiger partial charge is 0.344 e. The summed E-state index contributed by atoms with van der Waals surface area (Å²) in [5, 5.41) is 2.63. The molecular formula is C13H17NO4. The van der Waals surface area contributed by atoms with E-state index < -0.39 is 5.97 Å². The van der Waals surface area contributed by atoms with Crippen LogP contribution < -0.4 is 10.1 Å². The molecule has 0 aliphatic rings. The van der Waals surface area contributed by atoms with Crippen molar-refractivity contribution >= 4 is 17.6 Å². The largest absolute Gasteiger partial charge is 0.482 e. The van der Waals surface area contributed by atoms with Gasteiger partial charge >= 0.3 is 5.97 Å². The predicted molar refractivity (Wildman–Crippen MR) is 67.5 cm³/mol. The van der Waals surface area contributed by atoms with Crippen LogP contribution >= 0.6 is 0 Å². The van der Waals surface area contributed by atoms with Crippen LogP contribution in [0.3, 0.4) is 0 Å². The number of hydrogen-bond acceptors (Lipinski definition) is 4. The van der Waals surface area contributed by atoms with Gasteiger partial charge in [-0.05, 0) is 26.0 Å². The highest BCUT2D eigenvalue weighted by Crippen LogP contribution is 2.17. The van der Waals surface area contributed by atoms with Gasteiger partial charge in [0.15, 0.2) is 6.61 Å². The molecule has 0 saturated carbocycles. The normalized spacial score (nSPS) is 10.0. The Hall–Kier alpha value is -2.04. The zero-order valence-corrected chi connectivity index (χ0v) is 10.7. The van der Waals surface area contributed by atoms with E-state index in [-0.39, 0.29) is 18.6 Å². The summed E-state index contributed by atoms with van der Waals surface area (Å²) in [4.78, 5) is 22.2. The fraction of sp³-hybridized carbons (Fsp3) is 0.385. The molecule has 0 aliphatic heterocycles. The van der Waals surface area contributed by atoms with E-state index in [9.17, 15) is 9.59 Å². The quantitative estimate of drug-likeness (QED) is 0.813. The zero-order chi connectivity index (χ0) is 13.5. The van der Waals surface area contributed by atoms with Crippen LogP contribution in [0.15, 0.2) is 24.3 Å². The van der Waals surface area contributed by atoms with Crippen LogP contribution in [-0.2, 0) is 14.3 Å². The molecule has 1 amide bonds. The second kappa shape index (κ2) is 6.64. The number of amides is 1. The Labute approximate surface area is 106 Å². The summed E-state index contributed by atoms with van der Waals surface area (Å²) in [5.74, 6) is -0.0803. The molecule has 5 nitrogen and oxygen atoms in total. The van der Waals surface area contributed by atoms with Crippen molar-refractivity contribution in [3.05, 3.63) is 24.3 Å². The molecule has 0 unspecified atom stereocenters. The molecule has 0 heterocycles. The number of ether oxygens (including phenoxy) is 2. The lowest BCUT2D eigenvalue weighted by Crippen LogP contribution is -2.18. The lowest BCUT2D eigenvalue weighted by atomic mass is 10.3. The van der Waals surface area contributed by atoms with Crippen molar-refractivity contribution in [2.24, 2.45) is 0 Å². The maximum Gasteiger partial charge on any atom is 0.344 e. The molecule has 0 atom stereocenters. The van der Waals surface area contributed by atoms with Crippen LogP contribution in [0.1, 0.15) is 20.8 Å². The van der Waals surface area contributed by atoms with E-state index in [0.29, 0.717) is 11.4 Å². The number of benzene rings is 1. The van der Waals surface area contributed by atoms with Crippen LogP contribution in [0.5, 0.6) is 5.75 Å². The van der Waals surface area contributed by atoms with Gasteiger partial charge in [-0.15, -0.1) is 0 Å². The highest BCUT2D eigenvalue weighted by Gasteiger charge is 2.06. The minimum Gasteiger partial charge on any atom is -0.482 e. The van der Waals surface area contributed by atoms with Gasteiger partial charge in [0.25, 0.3) is 0 Å². The molecule has 1 rings (SSSR count). The number of hydrogen-bond donors (Lipinski definition) is 1. The first-order valence-electron chi connectivity index (χ1n) is 5.67. The van der Waals surface area contributed by atoms with E-state index >= 15 is 0 Å². The van der Waals surface area contributed by atoms with Crippen molar-refractivity contribution in [1.29, 1.82) is 0 Å². The third-order valence-electron chi connectivity index (χ3n) is 1.88. The monoisotopic (exact) mass is 251 g/mol. The topological polar surface area (TPSA) is 64.6 Å². The van der Waals surface area contributed by atoms with Crippen LogP contribution in [-0.4, -0.2) is 24.6 Å². The first kappa shape index (κ1) is 14.0. The van der Waals surface area contributed by atoms with E-state index in [1.165, 1.54) is 6.92 Å². The van der Waals surface area contributed by atoms with Gasteiger partial charge in [-0.3, -0.25) is 4.79 Å². The first-order chi connectivity index (χ1) is 8.47. The van der Waals surface area contributed by atoms with Gasteiger partial charge < -0.3 is 14.8 Å². The average Bonchev–Trinajstić information content (AvgIpc) is 2.25. The Morgan fingerprint density at radius 1 is 1.33 bits per heavy atom. The third kappa shape index (κ3) is 5.34. The average molecular weight is 251 g/mol. The van der Waals surface area contributed by atoms with Crippen molar-refractivity contribution in [2.75, 3.05) is 11.9 Å². The van der Waals surface area contributed by atoms with Crippen LogP contribution in [0.4, 0.5) is 5.69 Å². The van der Waals surface area contributed by atoms with Crippen molar-refractivity contribution in [2.45, 2.75) is 26.9 Å². The molecule has 0 spiro atoms. The summed E-state index contributed by atoms with van der Waals surface area (Å²) in [6, 6.07) is 6.81. The highest BCUT2D eigenvalue weighted by molar-refractivity contribution is 5.88. The van der Waals surface area contributed by atoms with E-state index in [2.05, 4.69) is 5.32 Å². The Morgan fingerprint density at radius 2 is 2.06 bits per heavy atom. The summed E-state index contributed by atoms with van der Waals surface area (Å²) < 4.78 is 10.2. The third-order valence-corrected chi connectivity index (χ3v) is 1.88. The zero-order valence-electron chi connectivity index (χ0n) is 10.7. The lowest BCUT2D eigenvalue weighted by Gasteiger charge is -2.10. The molecule has 1 aromatic carbocycles. The number of carbonyl (C=O) groups excluding carboxylic acids is 2. The fourth-order valence-electron chi connectivity index (χ4n) is 1.31. The SMILES string of the molecule is CC(=O)Nc1cccc(OCC(=O)OC(C)C)c1. The number of esters is 1. The van der Waals surface area contributed by atoms with Gasteiger partial charge in [-0.25, -0.2) is 4.79 Å². The minimum atomic E-state index is -0.421. The summed E-state index contributed by atoms with van der Waals surface area (Å²) in [7, 11) is 0. The van der Waals surface area contributed by atoms with Crippen molar-refractivity contribution in [1.82, 2.24) is 0 Å². The van der Waals surface area contributed by atoms with E-state index in [1.807, 2.05) is 0 Å². The predicted octanol–water partition coefficient (Wildman–Crippen LogP) is 1.98. The fourth-order valence-corrected chi connectivity index (χ4v) is 1.31. The van der Waals surface area contributed by atoms with E-state index in [1.54, 1.807) is 38.1 Å². The molecular weight excluding hydrogens is 234 g/mol. The Morgan fingerprint density at radius 3 is 2.67 bits per heavy atom. The summed E-state index contributed by atoms with van der Waals surface area (Å²) in [5.41, 5.74) is 0.622. The van der Waals surface area contributed by atoms with E-state index in [0.717, 1.165) is 0 Å². The summed E-state index contributed by atoms with van der Waals surface area (Å²) in [6.07, 6.45) is -0.160.